The highest BCUT2D eigenvalue weighted by atomic mass is 79.9. The van der Waals surface area contributed by atoms with E-state index in [9.17, 15) is 4.79 Å². The summed E-state index contributed by atoms with van der Waals surface area (Å²) >= 11 is 3.32. The van der Waals surface area contributed by atoms with Crippen molar-refractivity contribution in [2.24, 2.45) is 0 Å². The monoisotopic (exact) mass is 355 g/mol. The number of carbonyl (C=O) groups is 1. The van der Waals surface area contributed by atoms with Gasteiger partial charge in [-0.05, 0) is 28.9 Å². The molecule has 4 nitrogen and oxygen atoms in total. The fourth-order valence-electron chi connectivity index (χ4n) is 1.84. The fourth-order valence-corrected chi connectivity index (χ4v) is 2.20. The van der Waals surface area contributed by atoms with Crippen LogP contribution in [0.4, 0.5) is 0 Å². The smallest absolute Gasteiger partial charge is 0.255 e. The largest absolute Gasteiger partial charge is 0.333 e. The van der Waals surface area contributed by atoms with Crippen molar-refractivity contribution in [2.45, 2.75) is 13.0 Å². The highest BCUT2D eigenvalue weighted by Gasteiger charge is 2.24. The molecule has 1 N–H and O–H groups in total. The summed E-state index contributed by atoms with van der Waals surface area (Å²) in [6, 6.07) is 2.05. The lowest BCUT2D eigenvalue weighted by Crippen LogP contribution is -2.52. The topological polar surface area (TPSA) is 45.2 Å². The maximum absolute atomic E-state index is 12.2. The van der Waals surface area contributed by atoms with Crippen LogP contribution in [0.25, 0.3) is 0 Å². The molecule has 1 atom stereocenters. The van der Waals surface area contributed by atoms with E-state index < -0.39 is 0 Å². The first-order valence-corrected chi connectivity index (χ1v) is 6.10. The Morgan fingerprint density at radius 2 is 2.22 bits per heavy atom. The number of hydrogen-bond donors (Lipinski definition) is 1. The number of pyridine rings is 1. The number of hydrogen-bond acceptors (Lipinski definition) is 3. The average molecular weight is 357 g/mol. The molecule has 102 valence electrons. The standard InChI is InChI=1S/C11H14BrN3O.2ClH/c1-8-5-13-2-3-15(8)11(16)9-4-10(12)7-14-6-9;;/h4,6-8,13H,2-3,5H2,1H3;2*1H/t8-;;/m0../s1. The molecule has 0 aromatic carbocycles. The van der Waals surface area contributed by atoms with E-state index in [4.69, 9.17) is 0 Å². The summed E-state index contributed by atoms with van der Waals surface area (Å²) in [5.41, 5.74) is 0.642. The molecule has 0 spiro atoms. The second-order valence-electron chi connectivity index (χ2n) is 3.94. The number of amides is 1. The number of rotatable bonds is 1. The van der Waals surface area contributed by atoms with Gasteiger partial charge in [0.2, 0.25) is 0 Å². The van der Waals surface area contributed by atoms with Crippen LogP contribution in [-0.2, 0) is 0 Å². The Morgan fingerprint density at radius 1 is 1.50 bits per heavy atom. The van der Waals surface area contributed by atoms with E-state index in [1.165, 1.54) is 0 Å². The van der Waals surface area contributed by atoms with Gasteiger partial charge in [0.25, 0.3) is 5.91 Å². The van der Waals surface area contributed by atoms with Gasteiger partial charge in [0.15, 0.2) is 0 Å². The first-order chi connectivity index (χ1) is 7.68. The Bertz CT molecular complexity index is 406. The van der Waals surface area contributed by atoms with Gasteiger partial charge in [-0.25, -0.2) is 0 Å². The van der Waals surface area contributed by atoms with Gasteiger partial charge in [-0.1, -0.05) is 0 Å². The zero-order valence-corrected chi connectivity index (χ0v) is 13.1. The maximum Gasteiger partial charge on any atom is 0.255 e. The summed E-state index contributed by atoms with van der Waals surface area (Å²) in [5.74, 6) is 0.0581. The molecule has 1 fully saturated rings. The van der Waals surface area contributed by atoms with Gasteiger partial charge in [0.05, 0.1) is 5.56 Å². The van der Waals surface area contributed by atoms with E-state index in [1.807, 2.05) is 11.0 Å². The second kappa shape index (κ2) is 7.94. The summed E-state index contributed by atoms with van der Waals surface area (Å²) in [4.78, 5) is 18.1. The van der Waals surface area contributed by atoms with Crippen molar-refractivity contribution in [1.29, 1.82) is 0 Å². The van der Waals surface area contributed by atoms with Gasteiger partial charge >= 0.3 is 0 Å². The number of nitrogens with zero attached hydrogens (tertiary/aromatic N) is 2. The molecule has 0 saturated carbocycles. The van der Waals surface area contributed by atoms with Crippen LogP contribution in [0.15, 0.2) is 22.9 Å². The molecule has 18 heavy (non-hydrogen) atoms. The Labute approximate surface area is 127 Å². The fraction of sp³-hybridized carbons (Fsp3) is 0.455. The van der Waals surface area contributed by atoms with Gasteiger partial charge in [0, 0.05) is 42.5 Å². The molecule has 0 radical (unpaired) electrons. The molecule has 1 aliphatic heterocycles. The molecule has 1 aromatic heterocycles. The quantitative estimate of drug-likeness (QED) is 0.838. The molecule has 1 aliphatic rings. The summed E-state index contributed by atoms with van der Waals surface area (Å²) in [6.45, 7) is 4.52. The van der Waals surface area contributed by atoms with Crippen molar-refractivity contribution in [2.75, 3.05) is 19.6 Å². The number of halogens is 3. The third kappa shape index (κ3) is 4.09. The van der Waals surface area contributed by atoms with E-state index in [-0.39, 0.29) is 36.8 Å². The number of aromatic nitrogens is 1. The van der Waals surface area contributed by atoms with Gasteiger partial charge < -0.3 is 10.2 Å². The molecular formula is C11H16BrCl2N3O. The molecule has 0 bridgehead atoms. The lowest BCUT2D eigenvalue weighted by molar-refractivity contribution is 0.0655. The molecule has 2 rings (SSSR count). The average Bonchev–Trinajstić information content (AvgIpc) is 2.29. The molecule has 0 aliphatic carbocycles. The Morgan fingerprint density at radius 3 is 2.83 bits per heavy atom. The second-order valence-corrected chi connectivity index (χ2v) is 4.86. The highest BCUT2D eigenvalue weighted by Crippen LogP contribution is 2.14. The lowest BCUT2D eigenvalue weighted by atomic mass is 10.1. The van der Waals surface area contributed by atoms with Crippen LogP contribution in [0.1, 0.15) is 17.3 Å². The molecular weight excluding hydrogens is 341 g/mol. The molecule has 1 amide bonds. The van der Waals surface area contributed by atoms with Crippen molar-refractivity contribution >= 4 is 46.7 Å². The van der Waals surface area contributed by atoms with Crippen LogP contribution < -0.4 is 5.32 Å². The molecule has 0 unspecified atom stereocenters. The van der Waals surface area contributed by atoms with Crippen LogP contribution in [0.3, 0.4) is 0 Å². The van der Waals surface area contributed by atoms with E-state index >= 15 is 0 Å². The van der Waals surface area contributed by atoms with Crippen LogP contribution in [-0.4, -0.2) is 41.5 Å². The van der Waals surface area contributed by atoms with Gasteiger partial charge in [-0.15, -0.1) is 24.8 Å². The summed E-state index contributed by atoms with van der Waals surface area (Å²) < 4.78 is 0.834. The first kappa shape index (κ1) is 17.6. The predicted molar refractivity (Wildman–Crippen MR) is 79.8 cm³/mol. The maximum atomic E-state index is 12.2. The van der Waals surface area contributed by atoms with Crippen molar-refractivity contribution in [3.8, 4) is 0 Å². The first-order valence-electron chi connectivity index (χ1n) is 5.30. The van der Waals surface area contributed by atoms with Gasteiger partial charge in [-0.3, -0.25) is 9.78 Å². The van der Waals surface area contributed by atoms with Gasteiger partial charge in [-0.2, -0.15) is 0 Å². The zero-order valence-electron chi connectivity index (χ0n) is 9.93. The van der Waals surface area contributed by atoms with Crippen molar-refractivity contribution in [3.63, 3.8) is 0 Å². The lowest BCUT2D eigenvalue weighted by Gasteiger charge is -2.33. The van der Waals surface area contributed by atoms with Crippen LogP contribution in [0.5, 0.6) is 0 Å². The van der Waals surface area contributed by atoms with Crippen LogP contribution in [0.2, 0.25) is 0 Å². The minimum Gasteiger partial charge on any atom is -0.333 e. The van der Waals surface area contributed by atoms with E-state index in [0.717, 1.165) is 24.1 Å². The number of carbonyl (C=O) groups excluding carboxylic acids is 1. The molecule has 7 heteroatoms. The van der Waals surface area contributed by atoms with Crippen molar-refractivity contribution < 1.29 is 4.79 Å². The van der Waals surface area contributed by atoms with Crippen LogP contribution >= 0.6 is 40.7 Å². The third-order valence-corrected chi connectivity index (χ3v) is 3.15. The summed E-state index contributed by atoms with van der Waals surface area (Å²) in [5, 5.41) is 3.26. The van der Waals surface area contributed by atoms with Crippen molar-refractivity contribution in [3.05, 3.63) is 28.5 Å². The highest BCUT2D eigenvalue weighted by molar-refractivity contribution is 9.10. The minimum atomic E-state index is 0. The SMILES string of the molecule is C[C@H]1CNCCN1C(=O)c1cncc(Br)c1.Cl.Cl. The molecule has 1 saturated heterocycles. The van der Waals surface area contributed by atoms with E-state index in [1.54, 1.807) is 12.4 Å². The normalized spacial score (nSPS) is 18.6. The summed E-state index contributed by atoms with van der Waals surface area (Å²) in [7, 11) is 0. The Balaban J connectivity index is 0.00000144. The van der Waals surface area contributed by atoms with E-state index in [2.05, 4.69) is 33.2 Å². The zero-order chi connectivity index (χ0) is 11.5. The molecule has 2 heterocycles. The van der Waals surface area contributed by atoms with Crippen LogP contribution in [0, 0.1) is 0 Å². The third-order valence-electron chi connectivity index (χ3n) is 2.71. The van der Waals surface area contributed by atoms with E-state index in [0.29, 0.717) is 5.56 Å². The predicted octanol–water partition coefficient (Wildman–Crippen LogP) is 2.12. The number of piperazine rings is 1. The minimum absolute atomic E-state index is 0. The Kier molecular flexibility index (Phi) is 7.78. The van der Waals surface area contributed by atoms with Crippen molar-refractivity contribution in [1.82, 2.24) is 15.2 Å². The Hall–Kier alpha value is -0.360. The van der Waals surface area contributed by atoms with Gasteiger partial charge in [0.1, 0.15) is 0 Å². The number of nitrogens with one attached hydrogen (secondary N) is 1. The summed E-state index contributed by atoms with van der Waals surface area (Å²) in [6.07, 6.45) is 3.29. The molecule has 1 aromatic rings.